The zero-order chi connectivity index (χ0) is 22.0. The van der Waals surface area contributed by atoms with Crippen LogP contribution in [-0.2, 0) is 4.79 Å². The van der Waals surface area contributed by atoms with Crippen LogP contribution in [0, 0.1) is 5.92 Å². The Labute approximate surface area is 235 Å². The number of rotatable bonds is 7. The fourth-order valence-electron chi connectivity index (χ4n) is 3.60. The first-order valence-electron chi connectivity index (χ1n) is 10.1. The SMILES string of the molecule is CC(C)Oc1ncc(-c2nc(-c3ccc(N[C@H]4CC[C@@H](C(=O)O)C4)cc3)no2)cc1Cl.[H-].[K+]. The maximum Gasteiger partial charge on any atom is 1.00 e. The van der Waals surface area contributed by atoms with Crippen molar-refractivity contribution in [2.75, 3.05) is 5.32 Å². The van der Waals surface area contributed by atoms with Crippen LogP contribution in [0.4, 0.5) is 5.69 Å². The largest absolute Gasteiger partial charge is 1.00 e. The average molecular weight is 483 g/mol. The Morgan fingerprint density at radius 1 is 1.28 bits per heavy atom. The smallest absolute Gasteiger partial charge is 1.00 e. The van der Waals surface area contributed by atoms with E-state index in [2.05, 4.69) is 20.4 Å². The van der Waals surface area contributed by atoms with E-state index in [4.69, 9.17) is 26.0 Å². The molecule has 164 valence electrons. The fourth-order valence-corrected chi connectivity index (χ4v) is 3.81. The van der Waals surface area contributed by atoms with Gasteiger partial charge < -0.3 is 21.1 Å². The maximum atomic E-state index is 11.1. The molecular formula is C22H24ClKN4O4. The van der Waals surface area contributed by atoms with Crippen molar-refractivity contribution < 1.29 is 72.0 Å². The van der Waals surface area contributed by atoms with Crippen LogP contribution in [0.15, 0.2) is 41.1 Å². The molecule has 1 aliphatic rings. The number of aromatic nitrogens is 3. The van der Waals surface area contributed by atoms with Gasteiger partial charge in [0, 0.05) is 23.5 Å². The van der Waals surface area contributed by atoms with Gasteiger partial charge in [-0.05, 0) is 63.4 Å². The van der Waals surface area contributed by atoms with Gasteiger partial charge >= 0.3 is 57.4 Å². The van der Waals surface area contributed by atoms with Gasteiger partial charge in [0.05, 0.1) is 17.6 Å². The van der Waals surface area contributed by atoms with Crippen molar-refractivity contribution in [2.24, 2.45) is 5.92 Å². The molecule has 3 aromatic rings. The molecule has 1 saturated carbocycles. The molecule has 2 heterocycles. The molecule has 1 fully saturated rings. The Bertz CT molecular complexity index is 1080. The summed E-state index contributed by atoms with van der Waals surface area (Å²) in [7, 11) is 0. The Kier molecular flexibility index (Phi) is 8.71. The zero-order valence-corrected chi connectivity index (χ0v) is 22.1. The van der Waals surface area contributed by atoms with Crippen LogP contribution in [0.25, 0.3) is 22.8 Å². The number of hydrogen-bond acceptors (Lipinski definition) is 7. The van der Waals surface area contributed by atoms with E-state index in [0.29, 0.717) is 41.0 Å². The number of pyridine rings is 1. The molecule has 32 heavy (non-hydrogen) atoms. The summed E-state index contributed by atoms with van der Waals surface area (Å²) in [5, 5.41) is 17.0. The second-order valence-corrected chi connectivity index (χ2v) is 8.27. The molecule has 0 aliphatic heterocycles. The molecule has 4 rings (SSSR count). The van der Waals surface area contributed by atoms with E-state index in [9.17, 15) is 4.79 Å². The van der Waals surface area contributed by atoms with Crippen LogP contribution in [0.1, 0.15) is 34.5 Å². The molecule has 2 aromatic heterocycles. The molecule has 0 amide bonds. The van der Waals surface area contributed by atoms with Crippen LogP contribution in [0.5, 0.6) is 5.88 Å². The van der Waals surface area contributed by atoms with E-state index in [1.807, 2.05) is 38.1 Å². The standard InChI is InChI=1S/C22H23ClN4O4.K.H/c1-12(2)30-21-18(23)10-15(11-24-21)20-26-19(27-31-20)13-3-6-16(7-4-13)25-17-8-5-14(9-17)22(28)29;;/h3-4,6-7,10-12,14,17,25H,5,8-9H2,1-2H3,(H,28,29);;/q;+1;-1/t14-,17+;;/m1../s1. The van der Waals surface area contributed by atoms with Crippen molar-refractivity contribution in [3.63, 3.8) is 0 Å². The molecule has 0 bridgehead atoms. The van der Waals surface area contributed by atoms with Gasteiger partial charge in [-0.3, -0.25) is 4.79 Å². The summed E-state index contributed by atoms with van der Waals surface area (Å²) in [6, 6.07) is 9.49. The number of carboxylic acid groups (broad SMARTS) is 1. The normalized spacial score (nSPS) is 17.8. The number of benzene rings is 1. The van der Waals surface area contributed by atoms with Crippen molar-refractivity contribution in [1.82, 2.24) is 15.1 Å². The predicted octanol–water partition coefficient (Wildman–Crippen LogP) is 2.02. The fraction of sp³-hybridized carbons (Fsp3) is 0.364. The van der Waals surface area contributed by atoms with Crippen molar-refractivity contribution in [3.05, 3.63) is 41.6 Å². The number of nitrogens with zero attached hydrogens (tertiary/aromatic N) is 3. The first-order chi connectivity index (χ1) is 14.9. The predicted molar refractivity (Wildman–Crippen MR) is 117 cm³/mol. The second kappa shape index (κ2) is 11.1. The molecular weight excluding hydrogens is 459 g/mol. The monoisotopic (exact) mass is 482 g/mol. The minimum absolute atomic E-state index is 0. The van der Waals surface area contributed by atoms with Crippen molar-refractivity contribution in [3.8, 4) is 28.7 Å². The Morgan fingerprint density at radius 3 is 2.66 bits per heavy atom. The molecule has 0 radical (unpaired) electrons. The van der Waals surface area contributed by atoms with E-state index in [1.54, 1.807) is 12.3 Å². The summed E-state index contributed by atoms with van der Waals surface area (Å²) in [6.07, 6.45) is 3.75. The summed E-state index contributed by atoms with van der Waals surface area (Å²) in [4.78, 5) is 19.8. The van der Waals surface area contributed by atoms with E-state index in [-0.39, 0.29) is 70.9 Å². The number of nitrogens with one attached hydrogen (secondary N) is 1. The molecule has 1 aromatic carbocycles. The Morgan fingerprint density at radius 2 is 2.03 bits per heavy atom. The average Bonchev–Trinajstić information content (AvgIpc) is 3.40. The molecule has 2 N–H and O–H groups in total. The Balaban J connectivity index is 0.00000193. The summed E-state index contributed by atoms with van der Waals surface area (Å²) >= 11 is 6.24. The van der Waals surface area contributed by atoms with Crippen molar-refractivity contribution in [1.29, 1.82) is 0 Å². The number of anilines is 1. The van der Waals surface area contributed by atoms with Crippen LogP contribution in [0.3, 0.4) is 0 Å². The summed E-state index contributed by atoms with van der Waals surface area (Å²) < 4.78 is 10.9. The van der Waals surface area contributed by atoms with Gasteiger partial charge in [0.1, 0.15) is 5.02 Å². The minimum atomic E-state index is -0.717. The topological polar surface area (TPSA) is 110 Å². The Hall–Kier alpha value is -1.49. The van der Waals surface area contributed by atoms with Gasteiger partial charge in [0.25, 0.3) is 5.89 Å². The first kappa shape index (κ1) is 25.1. The second-order valence-electron chi connectivity index (χ2n) is 7.87. The minimum Gasteiger partial charge on any atom is -1.00 e. The molecule has 0 saturated heterocycles. The molecule has 8 nitrogen and oxygen atoms in total. The molecule has 10 heteroatoms. The van der Waals surface area contributed by atoms with E-state index >= 15 is 0 Å². The van der Waals surface area contributed by atoms with Gasteiger partial charge in [-0.15, -0.1) is 0 Å². The molecule has 2 atom stereocenters. The first-order valence-corrected chi connectivity index (χ1v) is 10.5. The number of carboxylic acids is 1. The molecule has 1 aliphatic carbocycles. The molecule has 0 spiro atoms. The third-order valence-corrected chi connectivity index (χ3v) is 5.39. The van der Waals surface area contributed by atoms with Gasteiger partial charge in [0.2, 0.25) is 11.7 Å². The van der Waals surface area contributed by atoms with Gasteiger partial charge in [-0.25, -0.2) is 4.98 Å². The molecule has 0 unspecified atom stereocenters. The number of ether oxygens (including phenoxy) is 1. The van der Waals surface area contributed by atoms with Crippen LogP contribution < -0.4 is 61.4 Å². The van der Waals surface area contributed by atoms with Crippen LogP contribution in [0.2, 0.25) is 5.02 Å². The number of hydrogen-bond donors (Lipinski definition) is 2. The van der Waals surface area contributed by atoms with Gasteiger partial charge in [-0.1, -0.05) is 16.8 Å². The third-order valence-electron chi connectivity index (χ3n) is 5.12. The summed E-state index contributed by atoms with van der Waals surface area (Å²) in [5.41, 5.74) is 2.33. The zero-order valence-electron chi connectivity index (χ0n) is 19.2. The maximum absolute atomic E-state index is 11.1. The third kappa shape index (κ3) is 6.09. The quantitative estimate of drug-likeness (QED) is 0.492. The summed E-state index contributed by atoms with van der Waals surface area (Å²) in [6.45, 7) is 3.80. The van der Waals surface area contributed by atoms with Crippen LogP contribution in [-0.4, -0.2) is 38.3 Å². The van der Waals surface area contributed by atoms with Gasteiger partial charge in [0.15, 0.2) is 0 Å². The van der Waals surface area contributed by atoms with Crippen molar-refractivity contribution in [2.45, 2.75) is 45.3 Å². The van der Waals surface area contributed by atoms with E-state index < -0.39 is 5.97 Å². The van der Waals surface area contributed by atoms with Crippen molar-refractivity contribution >= 4 is 23.3 Å². The van der Waals surface area contributed by atoms with E-state index in [1.165, 1.54) is 0 Å². The number of aliphatic carboxylic acids is 1. The number of carbonyl (C=O) groups is 1. The van der Waals surface area contributed by atoms with Gasteiger partial charge in [-0.2, -0.15) is 4.98 Å². The van der Waals surface area contributed by atoms with E-state index in [0.717, 1.165) is 17.7 Å². The summed E-state index contributed by atoms with van der Waals surface area (Å²) in [5.74, 6) is 0.148. The van der Waals surface area contributed by atoms with Crippen LogP contribution >= 0.6 is 11.6 Å². The number of halogens is 1.